The van der Waals surface area contributed by atoms with Gasteiger partial charge in [0.15, 0.2) is 0 Å². The lowest BCUT2D eigenvalue weighted by Crippen LogP contribution is -2.33. The summed E-state index contributed by atoms with van der Waals surface area (Å²) in [6, 6.07) is 19.2. The average Bonchev–Trinajstić information content (AvgIpc) is 2.67. The molecule has 1 heterocycles. The number of rotatable bonds is 6. The van der Waals surface area contributed by atoms with Crippen LogP contribution in [0.25, 0.3) is 10.9 Å². The Bertz CT molecular complexity index is 903. The second kappa shape index (κ2) is 8.27. The van der Waals surface area contributed by atoms with E-state index in [-0.39, 0.29) is 11.7 Å². The zero-order valence-electron chi connectivity index (χ0n) is 13.5. The van der Waals surface area contributed by atoms with E-state index < -0.39 is 0 Å². The Balaban J connectivity index is 1.76. The number of carbonyl (C=O) groups is 1. The minimum atomic E-state index is -0.0471. The lowest BCUT2D eigenvalue weighted by Gasteiger charge is -2.21. The van der Waals surface area contributed by atoms with Gasteiger partial charge >= 0.3 is 0 Å². The molecule has 0 saturated heterocycles. The van der Waals surface area contributed by atoms with Crippen molar-refractivity contribution in [3.05, 3.63) is 60.9 Å². The van der Waals surface area contributed by atoms with Crippen molar-refractivity contribution in [3.63, 3.8) is 0 Å². The number of benzene rings is 2. The highest BCUT2D eigenvalue weighted by molar-refractivity contribution is 8.00. The Hall–Kier alpha value is -2.91. The zero-order valence-corrected chi connectivity index (χ0v) is 14.3. The first kappa shape index (κ1) is 16.9. The summed E-state index contributed by atoms with van der Waals surface area (Å²) in [4.78, 5) is 22.9. The number of para-hydroxylation sites is 2. The molecule has 1 amide bonds. The molecule has 0 fully saturated rings. The first-order chi connectivity index (χ1) is 12.3. The molecule has 25 heavy (non-hydrogen) atoms. The van der Waals surface area contributed by atoms with Gasteiger partial charge in [-0.1, -0.05) is 48.2 Å². The Kier molecular flexibility index (Phi) is 5.60. The molecule has 6 heteroatoms. The van der Waals surface area contributed by atoms with Crippen molar-refractivity contribution in [1.82, 2.24) is 9.97 Å². The second-order valence-electron chi connectivity index (χ2n) is 5.27. The van der Waals surface area contributed by atoms with Gasteiger partial charge < -0.3 is 4.90 Å². The summed E-state index contributed by atoms with van der Waals surface area (Å²) in [5, 5.41) is 10.6. The van der Waals surface area contributed by atoms with Gasteiger partial charge in [-0.2, -0.15) is 5.26 Å². The van der Waals surface area contributed by atoms with Gasteiger partial charge in [0.2, 0.25) is 5.91 Å². The molecule has 124 valence electrons. The molecule has 5 nitrogen and oxygen atoms in total. The van der Waals surface area contributed by atoms with E-state index in [1.807, 2.05) is 54.6 Å². The number of aromatic nitrogens is 2. The number of amides is 1. The molecule has 0 aliphatic carbocycles. The maximum Gasteiger partial charge on any atom is 0.237 e. The van der Waals surface area contributed by atoms with Crippen LogP contribution < -0.4 is 4.90 Å². The van der Waals surface area contributed by atoms with Crippen LogP contribution in [0.3, 0.4) is 0 Å². The Morgan fingerprint density at radius 3 is 2.64 bits per heavy atom. The molecule has 0 unspecified atom stereocenters. The number of anilines is 1. The monoisotopic (exact) mass is 348 g/mol. The molecule has 0 saturated carbocycles. The van der Waals surface area contributed by atoms with Crippen LogP contribution in [-0.2, 0) is 4.79 Å². The van der Waals surface area contributed by atoms with Gasteiger partial charge in [0.05, 0.1) is 23.8 Å². The first-order valence-electron chi connectivity index (χ1n) is 7.84. The Labute approximate surface area is 150 Å². The van der Waals surface area contributed by atoms with E-state index in [1.165, 1.54) is 18.1 Å². The van der Waals surface area contributed by atoms with Gasteiger partial charge in [0, 0.05) is 17.6 Å². The molecule has 1 aromatic heterocycles. The van der Waals surface area contributed by atoms with Crippen LogP contribution in [0, 0.1) is 11.3 Å². The zero-order chi connectivity index (χ0) is 17.5. The van der Waals surface area contributed by atoms with Crippen LogP contribution in [0.5, 0.6) is 0 Å². The maximum absolute atomic E-state index is 12.7. The van der Waals surface area contributed by atoms with Crippen LogP contribution in [0.1, 0.15) is 6.42 Å². The van der Waals surface area contributed by atoms with Gasteiger partial charge in [-0.15, -0.1) is 0 Å². The SMILES string of the molecule is N#CCCN(C(=O)CSc1ncnc2ccccc12)c1ccccc1. The number of nitrogens with zero attached hydrogens (tertiary/aromatic N) is 4. The molecule has 3 aromatic rings. The van der Waals surface area contributed by atoms with E-state index in [1.54, 1.807) is 4.90 Å². The van der Waals surface area contributed by atoms with Crippen LogP contribution in [-0.4, -0.2) is 28.2 Å². The van der Waals surface area contributed by atoms with Crippen LogP contribution in [0.4, 0.5) is 5.69 Å². The largest absolute Gasteiger partial charge is 0.311 e. The van der Waals surface area contributed by atoms with Gasteiger partial charge in [-0.05, 0) is 18.2 Å². The molecule has 3 rings (SSSR count). The van der Waals surface area contributed by atoms with E-state index in [4.69, 9.17) is 5.26 Å². The van der Waals surface area contributed by atoms with Gasteiger partial charge in [-0.3, -0.25) is 4.79 Å². The molecule has 0 spiro atoms. The minimum absolute atomic E-state index is 0.0471. The standard InChI is InChI=1S/C19H16N4OS/c20-11-6-12-23(15-7-2-1-3-8-15)18(24)13-25-19-16-9-4-5-10-17(16)21-14-22-19/h1-5,7-10,14H,6,12-13H2. The lowest BCUT2D eigenvalue weighted by molar-refractivity contribution is -0.116. The highest BCUT2D eigenvalue weighted by Crippen LogP contribution is 2.25. The maximum atomic E-state index is 12.7. The molecular weight excluding hydrogens is 332 g/mol. The molecule has 0 radical (unpaired) electrons. The topological polar surface area (TPSA) is 69.9 Å². The Morgan fingerprint density at radius 2 is 1.84 bits per heavy atom. The molecule has 2 aromatic carbocycles. The van der Waals surface area contributed by atoms with Crippen molar-refractivity contribution >= 4 is 34.3 Å². The molecule has 0 N–H and O–H groups in total. The molecular formula is C19H16N4OS. The predicted molar refractivity (Wildman–Crippen MR) is 99.3 cm³/mol. The third-order valence-corrected chi connectivity index (χ3v) is 4.64. The minimum Gasteiger partial charge on any atom is -0.311 e. The quantitative estimate of drug-likeness (QED) is 0.502. The number of fused-ring (bicyclic) bond motifs is 1. The summed E-state index contributed by atoms with van der Waals surface area (Å²) in [5.41, 5.74) is 1.66. The summed E-state index contributed by atoms with van der Waals surface area (Å²) in [7, 11) is 0. The lowest BCUT2D eigenvalue weighted by atomic mass is 10.2. The van der Waals surface area contributed by atoms with E-state index >= 15 is 0 Å². The molecule has 0 aliphatic rings. The van der Waals surface area contributed by atoms with Crippen molar-refractivity contribution in [3.8, 4) is 6.07 Å². The summed E-state index contributed by atoms with van der Waals surface area (Å²) in [6.45, 7) is 0.379. The fraction of sp³-hybridized carbons (Fsp3) is 0.158. The summed E-state index contributed by atoms with van der Waals surface area (Å²) in [6.07, 6.45) is 1.81. The van der Waals surface area contributed by atoms with Crippen LogP contribution in [0.15, 0.2) is 66.0 Å². The van der Waals surface area contributed by atoms with Gasteiger partial charge in [-0.25, -0.2) is 9.97 Å². The van der Waals surface area contributed by atoms with E-state index in [0.29, 0.717) is 13.0 Å². The number of carbonyl (C=O) groups excluding carboxylic acids is 1. The van der Waals surface area contributed by atoms with Crippen molar-refractivity contribution in [1.29, 1.82) is 5.26 Å². The fourth-order valence-corrected chi connectivity index (χ4v) is 3.34. The molecule has 0 aliphatic heterocycles. The summed E-state index contributed by atoms with van der Waals surface area (Å²) in [5.74, 6) is 0.204. The first-order valence-corrected chi connectivity index (χ1v) is 8.83. The second-order valence-corrected chi connectivity index (χ2v) is 6.24. The average molecular weight is 348 g/mol. The van der Waals surface area contributed by atoms with Crippen LogP contribution >= 0.6 is 11.8 Å². The van der Waals surface area contributed by atoms with Crippen LogP contribution in [0.2, 0.25) is 0 Å². The third-order valence-electron chi connectivity index (χ3n) is 3.65. The summed E-state index contributed by atoms with van der Waals surface area (Å²) >= 11 is 1.39. The number of nitriles is 1. The van der Waals surface area contributed by atoms with Crippen molar-refractivity contribution in [2.24, 2.45) is 0 Å². The van der Waals surface area contributed by atoms with E-state index in [2.05, 4.69) is 16.0 Å². The Morgan fingerprint density at radius 1 is 1.08 bits per heavy atom. The normalized spacial score (nSPS) is 10.4. The highest BCUT2D eigenvalue weighted by atomic mass is 32.2. The van der Waals surface area contributed by atoms with Gasteiger partial charge in [0.25, 0.3) is 0 Å². The third kappa shape index (κ3) is 4.14. The highest BCUT2D eigenvalue weighted by Gasteiger charge is 2.16. The van der Waals surface area contributed by atoms with Crippen molar-refractivity contribution in [2.75, 3.05) is 17.2 Å². The predicted octanol–water partition coefficient (Wildman–Crippen LogP) is 3.67. The summed E-state index contributed by atoms with van der Waals surface area (Å²) < 4.78 is 0. The van der Waals surface area contributed by atoms with E-state index in [9.17, 15) is 4.79 Å². The fourth-order valence-electron chi connectivity index (χ4n) is 2.47. The molecule has 0 bridgehead atoms. The van der Waals surface area contributed by atoms with Gasteiger partial charge in [0.1, 0.15) is 11.4 Å². The smallest absolute Gasteiger partial charge is 0.237 e. The number of thioether (sulfide) groups is 1. The number of hydrogen-bond donors (Lipinski definition) is 0. The molecule has 0 atom stereocenters. The van der Waals surface area contributed by atoms with Crippen molar-refractivity contribution in [2.45, 2.75) is 11.4 Å². The van der Waals surface area contributed by atoms with E-state index in [0.717, 1.165) is 21.6 Å². The van der Waals surface area contributed by atoms with Crippen molar-refractivity contribution < 1.29 is 4.79 Å². The number of hydrogen-bond acceptors (Lipinski definition) is 5.